The maximum absolute atomic E-state index is 13.0. The number of thiazole rings is 1. The van der Waals surface area contributed by atoms with Gasteiger partial charge in [-0.2, -0.15) is 0 Å². The summed E-state index contributed by atoms with van der Waals surface area (Å²) in [5.74, 6) is -0.522. The number of benzene rings is 2. The van der Waals surface area contributed by atoms with Gasteiger partial charge in [0.15, 0.2) is 5.13 Å². The van der Waals surface area contributed by atoms with Crippen molar-refractivity contribution >= 4 is 34.1 Å². The molecule has 0 bridgehead atoms. The molecule has 1 fully saturated rings. The zero-order valence-corrected chi connectivity index (χ0v) is 16.6. The number of halogens is 1. The van der Waals surface area contributed by atoms with Gasteiger partial charge in [-0.15, -0.1) is 11.3 Å². The van der Waals surface area contributed by atoms with Crippen LogP contribution in [0.1, 0.15) is 26.4 Å². The summed E-state index contributed by atoms with van der Waals surface area (Å²) in [5, 5.41) is 6.09. The second kappa shape index (κ2) is 8.00. The Balaban J connectivity index is 1.43. The molecule has 0 radical (unpaired) electrons. The Bertz CT molecular complexity index is 1060. The van der Waals surface area contributed by atoms with Gasteiger partial charge in [-0.3, -0.25) is 15.0 Å². The zero-order chi connectivity index (χ0) is 20.4. The fourth-order valence-electron chi connectivity index (χ4n) is 3.22. The second-order valence-corrected chi connectivity index (χ2v) is 7.89. The molecule has 29 heavy (non-hydrogen) atoms. The molecule has 2 heterocycles. The Hall–Kier alpha value is -3.26. The summed E-state index contributed by atoms with van der Waals surface area (Å²) in [6.07, 6.45) is 2.34. The lowest BCUT2D eigenvalue weighted by molar-refractivity contribution is 0.102. The highest BCUT2D eigenvalue weighted by atomic mass is 32.1. The fraction of sp³-hybridized carbons (Fsp3) is 0.190. The molecule has 8 heteroatoms. The van der Waals surface area contributed by atoms with Crippen molar-refractivity contribution in [2.75, 3.05) is 23.3 Å². The van der Waals surface area contributed by atoms with E-state index >= 15 is 0 Å². The van der Waals surface area contributed by atoms with Crippen LogP contribution >= 0.6 is 11.3 Å². The van der Waals surface area contributed by atoms with Crippen LogP contribution in [-0.2, 0) is 6.42 Å². The first kappa shape index (κ1) is 19.1. The van der Waals surface area contributed by atoms with Crippen LogP contribution in [0.3, 0.4) is 0 Å². The molecular formula is C21H19FN4O2S. The number of anilines is 2. The van der Waals surface area contributed by atoms with Gasteiger partial charge in [-0.25, -0.2) is 14.2 Å². The fourth-order valence-corrected chi connectivity index (χ4v) is 4.06. The molecule has 0 saturated carbocycles. The van der Waals surface area contributed by atoms with Crippen LogP contribution < -0.4 is 15.5 Å². The summed E-state index contributed by atoms with van der Waals surface area (Å²) in [6.45, 7) is 3.11. The van der Waals surface area contributed by atoms with Crippen molar-refractivity contribution in [1.29, 1.82) is 0 Å². The number of urea groups is 1. The highest BCUT2D eigenvalue weighted by molar-refractivity contribution is 7.15. The minimum Gasteiger partial charge on any atom is -0.336 e. The minimum absolute atomic E-state index is 0.123. The molecule has 2 aromatic carbocycles. The summed E-state index contributed by atoms with van der Waals surface area (Å²) < 4.78 is 13.0. The largest absolute Gasteiger partial charge is 0.336 e. The van der Waals surface area contributed by atoms with E-state index in [2.05, 4.69) is 15.6 Å². The molecule has 3 amide bonds. The van der Waals surface area contributed by atoms with Crippen LogP contribution in [0, 0.1) is 12.7 Å². The Morgan fingerprint density at radius 2 is 2.07 bits per heavy atom. The molecular weight excluding hydrogens is 391 g/mol. The third-order valence-corrected chi connectivity index (χ3v) is 5.58. The standard InChI is InChI=1S/C21H19FN4O2S/c1-13-10-15(4-7-18(13)26-9-8-23-21(26)28)19(27)25-20-24-12-17(29-20)11-14-2-5-16(22)6-3-14/h2-7,10,12H,8-9,11H2,1H3,(H,23,28)(H,24,25,27). The maximum Gasteiger partial charge on any atom is 0.322 e. The number of hydrogen-bond acceptors (Lipinski definition) is 4. The quantitative estimate of drug-likeness (QED) is 0.669. The zero-order valence-electron chi connectivity index (χ0n) is 15.7. The van der Waals surface area contributed by atoms with Crippen LogP contribution in [-0.4, -0.2) is 30.0 Å². The number of amides is 3. The normalized spacial score (nSPS) is 13.4. The van der Waals surface area contributed by atoms with Gasteiger partial charge in [0.1, 0.15) is 5.82 Å². The monoisotopic (exact) mass is 410 g/mol. The molecule has 6 nitrogen and oxygen atoms in total. The van der Waals surface area contributed by atoms with E-state index in [0.29, 0.717) is 30.2 Å². The lowest BCUT2D eigenvalue weighted by Gasteiger charge is -2.17. The molecule has 3 aromatic rings. The van der Waals surface area contributed by atoms with Gasteiger partial charge in [0.2, 0.25) is 0 Å². The van der Waals surface area contributed by atoms with E-state index in [1.54, 1.807) is 41.4 Å². The average Bonchev–Trinajstić information content (AvgIpc) is 3.32. The van der Waals surface area contributed by atoms with Crippen molar-refractivity contribution in [3.63, 3.8) is 0 Å². The Morgan fingerprint density at radius 3 is 2.76 bits per heavy atom. The molecule has 2 N–H and O–H groups in total. The summed E-state index contributed by atoms with van der Waals surface area (Å²) in [7, 11) is 0. The van der Waals surface area contributed by atoms with Crippen molar-refractivity contribution in [3.05, 3.63) is 76.0 Å². The van der Waals surface area contributed by atoms with E-state index in [-0.39, 0.29) is 17.8 Å². The van der Waals surface area contributed by atoms with E-state index in [1.165, 1.54) is 23.5 Å². The number of aromatic nitrogens is 1. The summed E-state index contributed by atoms with van der Waals surface area (Å²) in [6, 6.07) is 11.5. The lowest BCUT2D eigenvalue weighted by atomic mass is 10.1. The molecule has 0 unspecified atom stereocenters. The van der Waals surface area contributed by atoms with Crippen molar-refractivity contribution in [1.82, 2.24) is 10.3 Å². The van der Waals surface area contributed by atoms with E-state index in [1.807, 2.05) is 6.92 Å². The maximum atomic E-state index is 13.0. The molecule has 0 aliphatic carbocycles. The number of carbonyl (C=O) groups excluding carboxylic acids is 2. The van der Waals surface area contributed by atoms with Gasteiger partial charge >= 0.3 is 6.03 Å². The average molecular weight is 410 g/mol. The predicted molar refractivity (Wildman–Crippen MR) is 111 cm³/mol. The van der Waals surface area contributed by atoms with Crippen LogP contribution in [0.25, 0.3) is 0 Å². The van der Waals surface area contributed by atoms with Crippen molar-refractivity contribution in [2.24, 2.45) is 0 Å². The first-order chi connectivity index (χ1) is 14.0. The summed E-state index contributed by atoms with van der Waals surface area (Å²) >= 11 is 1.38. The molecule has 0 atom stereocenters. The van der Waals surface area contributed by atoms with E-state index < -0.39 is 0 Å². The number of nitrogens with zero attached hydrogens (tertiary/aromatic N) is 2. The predicted octanol–water partition coefficient (Wildman–Crippen LogP) is 3.96. The molecule has 1 saturated heterocycles. The number of nitrogens with one attached hydrogen (secondary N) is 2. The smallest absolute Gasteiger partial charge is 0.322 e. The first-order valence-electron chi connectivity index (χ1n) is 9.16. The van der Waals surface area contributed by atoms with E-state index in [0.717, 1.165) is 21.7 Å². The molecule has 1 aromatic heterocycles. The first-order valence-corrected chi connectivity index (χ1v) is 9.98. The Morgan fingerprint density at radius 1 is 1.28 bits per heavy atom. The third kappa shape index (κ3) is 4.27. The Kier molecular flexibility index (Phi) is 5.26. The number of hydrogen-bond donors (Lipinski definition) is 2. The summed E-state index contributed by atoms with van der Waals surface area (Å²) in [5.41, 5.74) is 3.13. The molecule has 1 aliphatic rings. The van der Waals surface area contributed by atoms with Crippen LogP contribution in [0.2, 0.25) is 0 Å². The van der Waals surface area contributed by atoms with E-state index in [4.69, 9.17) is 0 Å². The van der Waals surface area contributed by atoms with Gasteiger partial charge in [0, 0.05) is 41.8 Å². The van der Waals surface area contributed by atoms with Crippen molar-refractivity contribution < 1.29 is 14.0 Å². The van der Waals surface area contributed by atoms with Gasteiger partial charge in [-0.1, -0.05) is 12.1 Å². The highest BCUT2D eigenvalue weighted by Crippen LogP contribution is 2.25. The van der Waals surface area contributed by atoms with Crippen LogP contribution in [0.5, 0.6) is 0 Å². The van der Waals surface area contributed by atoms with Crippen molar-refractivity contribution in [2.45, 2.75) is 13.3 Å². The van der Waals surface area contributed by atoms with E-state index in [9.17, 15) is 14.0 Å². The molecule has 0 spiro atoms. The molecule has 1 aliphatic heterocycles. The number of carbonyl (C=O) groups is 2. The number of rotatable bonds is 5. The van der Waals surface area contributed by atoms with Gasteiger partial charge < -0.3 is 5.32 Å². The SMILES string of the molecule is Cc1cc(C(=O)Nc2ncc(Cc3ccc(F)cc3)s2)ccc1N1CCNC1=O. The van der Waals surface area contributed by atoms with Crippen molar-refractivity contribution in [3.8, 4) is 0 Å². The van der Waals surface area contributed by atoms with Gasteiger partial charge in [0.05, 0.1) is 0 Å². The second-order valence-electron chi connectivity index (χ2n) is 6.77. The van der Waals surface area contributed by atoms with Gasteiger partial charge in [-0.05, 0) is 48.4 Å². The molecule has 148 valence electrons. The Labute approximate surface area is 171 Å². The third-order valence-electron chi connectivity index (χ3n) is 4.67. The van der Waals surface area contributed by atoms with Crippen LogP contribution in [0.4, 0.5) is 20.0 Å². The highest BCUT2D eigenvalue weighted by Gasteiger charge is 2.23. The van der Waals surface area contributed by atoms with Gasteiger partial charge in [0.25, 0.3) is 5.91 Å². The minimum atomic E-state index is -0.266. The summed E-state index contributed by atoms with van der Waals surface area (Å²) in [4.78, 5) is 31.3. The lowest BCUT2D eigenvalue weighted by Crippen LogP contribution is -2.28. The molecule has 4 rings (SSSR count). The van der Waals surface area contributed by atoms with Crippen LogP contribution in [0.15, 0.2) is 48.7 Å². The topological polar surface area (TPSA) is 74.3 Å². The number of aryl methyl sites for hydroxylation is 1.